The van der Waals surface area contributed by atoms with Crippen molar-refractivity contribution >= 4 is 0 Å². The Morgan fingerprint density at radius 1 is 0.955 bits per heavy atom. The zero-order chi connectivity index (χ0) is 16.2. The van der Waals surface area contributed by atoms with Gasteiger partial charge in [0.05, 0.1) is 18.8 Å². The summed E-state index contributed by atoms with van der Waals surface area (Å²) < 4.78 is 0. The Morgan fingerprint density at radius 3 is 2.14 bits per heavy atom. The van der Waals surface area contributed by atoms with E-state index >= 15 is 0 Å². The Kier molecular flexibility index (Phi) is 11.1. The summed E-state index contributed by atoms with van der Waals surface area (Å²) in [6, 6.07) is 0.861. The number of aliphatic hydroxyl groups is 3. The molecule has 1 heterocycles. The van der Waals surface area contributed by atoms with E-state index in [-0.39, 0.29) is 18.8 Å². The highest BCUT2D eigenvalue weighted by Crippen LogP contribution is 2.18. The van der Waals surface area contributed by atoms with E-state index < -0.39 is 6.10 Å². The van der Waals surface area contributed by atoms with Gasteiger partial charge in [-0.15, -0.1) is 0 Å². The third-order valence-corrected chi connectivity index (χ3v) is 4.94. The molecule has 1 aliphatic rings. The number of unbranched alkanes of at least 4 members (excludes halogenated alkanes) is 7. The number of piperidine rings is 1. The van der Waals surface area contributed by atoms with Crippen LogP contribution in [0.5, 0.6) is 0 Å². The second-order valence-electron chi connectivity index (χ2n) is 7.04. The Morgan fingerprint density at radius 2 is 1.55 bits per heavy atom. The highest BCUT2D eigenvalue weighted by atomic mass is 16.3. The predicted octanol–water partition coefficient (Wildman–Crippen LogP) is 2.74. The molecule has 4 nitrogen and oxygen atoms in total. The van der Waals surface area contributed by atoms with E-state index in [4.69, 9.17) is 5.11 Å². The van der Waals surface area contributed by atoms with E-state index in [0.717, 1.165) is 25.7 Å². The lowest BCUT2D eigenvalue weighted by atomic mass is 9.93. The van der Waals surface area contributed by atoms with E-state index in [1.807, 2.05) is 0 Å². The van der Waals surface area contributed by atoms with Crippen LogP contribution in [-0.2, 0) is 0 Å². The molecule has 1 rings (SSSR count). The molecule has 1 saturated heterocycles. The molecular formula is C18H37NO3. The number of rotatable bonds is 12. The molecule has 4 N–H and O–H groups in total. The number of aliphatic hydroxyl groups excluding tert-OH is 3. The minimum atomic E-state index is -0.516. The summed E-state index contributed by atoms with van der Waals surface area (Å²) in [4.78, 5) is 0. The van der Waals surface area contributed by atoms with Crippen LogP contribution in [0.1, 0.15) is 84.0 Å². The van der Waals surface area contributed by atoms with E-state index in [9.17, 15) is 10.2 Å². The number of hydrogen-bond acceptors (Lipinski definition) is 4. The van der Waals surface area contributed by atoms with Gasteiger partial charge in [0.1, 0.15) is 0 Å². The van der Waals surface area contributed by atoms with Gasteiger partial charge in [0.15, 0.2) is 0 Å². The van der Waals surface area contributed by atoms with Gasteiger partial charge in [-0.25, -0.2) is 0 Å². The summed E-state index contributed by atoms with van der Waals surface area (Å²) in [5, 5.41) is 31.1. The second kappa shape index (κ2) is 12.3. The van der Waals surface area contributed by atoms with Crippen molar-refractivity contribution < 1.29 is 15.3 Å². The number of hydrogen-bond donors (Lipinski definition) is 4. The molecule has 22 heavy (non-hydrogen) atoms. The molecular weight excluding hydrogens is 278 g/mol. The van der Waals surface area contributed by atoms with Gasteiger partial charge in [-0.3, -0.25) is 0 Å². The van der Waals surface area contributed by atoms with Gasteiger partial charge in [0, 0.05) is 12.1 Å². The van der Waals surface area contributed by atoms with Crippen LogP contribution < -0.4 is 5.32 Å². The molecule has 0 bridgehead atoms. The fraction of sp³-hybridized carbons (Fsp3) is 1.00. The quantitative estimate of drug-likeness (QED) is 0.418. The van der Waals surface area contributed by atoms with Gasteiger partial charge in [-0.1, -0.05) is 51.4 Å². The standard InChI is InChI=1S/C18H37NO3/c1-15-18(22)13-12-16(19-15)10-8-6-4-2-3-5-7-9-11-17(21)14-20/h15-22H,2-14H2,1H3/t15-,16+,17+,18-/m0/s1. The topological polar surface area (TPSA) is 72.7 Å². The van der Waals surface area contributed by atoms with Gasteiger partial charge in [0.2, 0.25) is 0 Å². The van der Waals surface area contributed by atoms with Crippen LogP contribution in [0.2, 0.25) is 0 Å². The highest BCUT2D eigenvalue weighted by molar-refractivity contribution is 4.83. The fourth-order valence-electron chi connectivity index (χ4n) is 3.34. The molecule has 4 heteroatoms. The van der Waals surface area contributed by atoms with Gasteiger partial charge >= 0.3 is 0 Å². The summed E-state index contributed by atoms with van der Waals surface area (Å²) in [5.74, 6) is 0. The number of nitrogens with one attached hydrogen (secondary N) is 1. The van der Waals surface area contributed by atoms with Crippen molar-refractivity contribution in [2.75, 3.05) is 6.61 Å². The lowest BCUT2D eigenvalue weighted by Crippen LogP contribution is -2.48. The van der Waals surface area contributed by atoms with Crippen LogP contribution in [0.25, 0.3) is 0 Å². The van der Waals surface area contributed by atoms with Crippen LogP contribution in [0.3, 0.4) is 0 Å². The van der Waals surface area contributed by atoms with Crippen LogP contribution in [0.4, 0.5) is 0 Å². The third kappa shape index (κ3) is 9.09. The van der Waals surface area contributed by atoms with E-state index in [0.29, 0.717) is 6.04 Å². The zero-order valence-electron chi connectivity index (χ0n) is 14.3. The third-order valence-electron chi connectivity index (χ3n) is 4.94. The molecule has 0 radical (unpaired) electrons. The Labute approximate surface area is 136 Å². The summed E-state index contributed by atoms with van der Waals surface area (Å²) in [6.07, 6.45) is 13.4. The highest BCUT2D eigenvalue weighted by Gasteiger charge is 2.24. The first-order valence-corrected chi connectivity index (χ1v) is 9.36. The molecule has 1 fully saturated rings. The molecule has 0 unspecified atom stereocenters. The summed E-state index contributed by atoms with van der Waals surface area (Å²) in [5.41, 5.74) is 0. The van der Waals surface area contributed by atoms with E-state index in [1.54, 1.807) is 0 Å². The van der Waals surface area contributed by atoms with Crippen molar-refractivity contribution in [3.05, 3.63) is 0 Å². The minimum Gasteiger partial charge on any atom is -0.394 e. The summed E-state index contributed by atoms with van der Waals surface area (Å²) >= 11 is 0. The first-order valence-electron chi connectivity index (χ1n) is 9.36. The second-order valence-corrected chi connectivity index (χ2v) is 7.04. The lowest BCUT2D eigenvalue weighted by Gasteiger charge is -2.32. The molecule has 0 aliphatic carbocycles. The van der Waals surface area contributed by atoms with Gasteiger partial charge in [-0.05, 0) is 32.6 Å². The van der Waals surface area contributed by atoms with Crippen molar-refractivity contribution in [1.29, 1.82) is 0 Å². The Hall–Kier alpha value is -0.160. The van der Waals surface area contributed by atoms with Gasteiger partial charge in [-0.2, -0.15) is 0 Å². The SMILES string of the molecule is C[C@@H]1N[C@H](CCCCCCCCCC[C@@H](O)CO)CC[C@@H]1O. The summed E-state index contributed by atoms with van der Waals surface area (Å²) in [7, 11) is 0. The molecule has 1 aliphatic heterocycles. The average Bonchev–Trinajstić information content (AvgIpc) is 2.52. The van der Waals surface area contributed by atoms with Crippen LogP contribution in [-0.4, -0.2) is 46.2 Å². The van der Waals surface area contributed by atoms with Gasteiger partial charge in [0.25, 0.3) is 0 Å². The van der Waals surface area contributed by atoms with Crippen LogP contribution in [0, 0.1) is 0 Å². The predicted molar refractivity (Wildman–Crippen MR) is 90.9 cm³/mol. The first-order chi connectivity index (χ1) is 10.6. The van der Waals surface area contributed by atoms with Crippen LogP contribution in [0.15, 0.2) is 0 Å². The molecule has 132 valence electrons. The lowest BCUT2D eigenvalue weighted by molar-refractivity contribution is 0.0849. The average molecular weight is 315 g/mol. The molecule has 0 aromatic heterocycles. The first kappa shape index (κ1) is 19.9. The zero-order valence-corrected chi connectivity index (χ0v) is 14.3. The molecule has 0 spiro atoms. The summed E-state index contributed by atoms with van der Waals surface area (Å²) in [6.45, 7) is 1.98. The molecule has 0 aromatic rings. The fourth-order valence-corrected chi connectivity index (χ4v) is 3.34. The van der Waals surface area contributed by atoms with Crippen molar-refractivity contribution in [2.45, 2.75) is 108 Å². The normalized spacial score (nSPS) is 27.0. The van der Waals surface area contributed by atoms with Crippen molar-refractivity contribution in [1.82, 2.24) is 5.32 Å². The Bertz CT molecular complexity index is 263. The molecule has 0 saturated carbocycles. The monoisotopic (exact) mass is 315 g/mol. The Balaban J connectivity index is 1.82. The van der Waals surface area contributed by atoms with E-state index in [1.165, 1.54) is 51.4 Å². The maximum atomic E-state index is 9.68. The van der Waals surface area contributed by atoms with Crippen molar-refractivity contribution in [3.63, 3.8) is 0 Å². The maximum Gasteiger partial charge on any atom is 0.0770 e. The van der Waals surface area contributed by atoms with Crippen molar-refractivity contribution in [2.24, 2.45) is 0 Å². The molecule has 4 atom stereocenters. The molecule has 0 amide bonds. The van der Waals surface area contributed by atoms with Crippen LogP contribution >= 0.6 is 0 Å². The van der Waals surface area contributed by atoms with Gasteiger partial charge < -0.3 is 20.6 Å². The smallest absolute Gasteiger partial charge is 0.0770 e. The van der Waals surface area contributed by atoms with Crippen molar-refractivity contribution in [3.8, 4) is 0 Å². The maximum absolute atomic E-state index is 9.68. The minimum absolute atomic E-state index is 0.104. The molecule has 0 aromatic carbocycles. The largest absolute Gasteiger partial charge is 0.394 e. The van der Waals surface area contributed by atoms with E-state index in [2.05, 4.69) is 12.2 Å².